The molecule has 1 saturated carbocycles. The van der Waals surface area contributed by atoms with Crippen LogP contribution in [0.4, 0.5) is 5.69 Å². The summed E-state index contributed by atoms with van der Waals surface area (Å²) in [6, 6.07) is 7.94. The number of hydrogen-bond donors (Lipinski definition) is 1. The van der Waals surface area contributed by atoms with E-state index in [0.29, 0.717) is 12.2 Å². The first-order chi connectivity index (χ1) is 8.25. The van der Waals surface area contributed by atoms with E-state index in [9.17, 15) is 4.79 Å². The van der Waals surface area contributed by atoms with Gasteiger partial charge < -0.3 is 5.32 Å². The lowest BCUT2D eigenvalue weighted by Crippen LogP contribution is -2.02. The van der Waals surface area contributed by atoms with Crippen LogP contribution in [0.2, 0.25) is 0 Å². The van der Waals surface area contributed by atoms with Crippen molar-refractivity contribution in [1.29, 1.82) is 0 Å². The van der Waals surface area contributed by atoms with Gasteiger partial charge in [0.1, 0.15) is 0 Å². The summed E-state index contributed by atoms with van der Waals surface area (Å²) in [6.07, 6.45) is 6.80. The molecule has 1 aliphatic rings. The molecule has 3 heteroatoms. The average molecular weight is 294 g/mol. The first kappa shape index (κ1) is 12.4. The van der Waals surface area contributed by atoms with Gasteiger partial charge in [-0.1, -0.05) is 28.4 Å². The van der Waals surface area contributed by atoms with E-state index in [1.165, 1.54) is 6.42 Å². The second kappa shape index (κ2) is 6.01. The fourth-order valence-electron chi connectivity index (χ4n) is 1.98. The Morgan fingerprint density at radius 2 is 2.00 bits per heavy atom. The third-order valence-electron chi connectivity index (χ3n) is 2.95. The van der Waals surface area contributed by atoms with Gasteiger partial charge in [-0.3, -0.25) is 4.79 Å². The van der Waals surface area contributed by atoms with Gasteiger partial charge in [-0.05, 0) is 37.5 Å². The topological polar surface area (TPSA) is 29.1 Å². The number of halogens is 1. The molecule has 17 heavy (non-hydrogen) atoms. The molecule has 1 fully saturated rings. The van der Waals surface area contributed by atoms with Gasteiger partial charge in [0, 0.05) is 28.4 Å². The van der Waals surface area contributed by atoms with E-state index in [2.05, 4.69) is 21.2 Å². The van der Waals surface area contributed by atoms with Gasteiger partial charge in [0.2, 0.25) is 0 Å². The molecule has 0 spiro atoms. The number of anilines is 1. The van der Waals surface area contributed by atoms with E-state index in [1.807, 2.05) is 30.5 Å². The fraction of sp³-hybridized carbons (Fsp3) is 0.357. The zero-order valence-electron chi connectivity index (χ0n) is 9.71. The number of hydrogen-bond acceptors (Lipinski definition) is 2. The highest BCUT2D eigenvalue weighted by atomic mass is 79.9. The van der Waals surface area contributed by atoms with Gasteiger partial charge >= 0.3 is 0 Å². The van der Waals surface area contributed by atoms with Gasteiger partial charge in [0.15, 0.2) is 5.78 Å². The Kier molecular flexibility index (Phi) is 4.37. The molecule has 1 aromatic carbocycles. The Bertz CT molecular complexity index is 440. The summed E-state index contributed by atoms with van der Waals surface area (Å²) in [7, 11) is 0. The third-order valence-corrected chi connectivity index (χ3v) is 3.44. The summed E-state index contributed by atoms with van der Waals surface area (Å²) >= 11 is 3.42. The number of allylic oxidation sites excluding steroid dienone is 1. The molecule has 0 atom stereocenters. The second-order valence-corrected chi connectivity index (χ2v) is 5.22. The molecule has 2 rings (SSSR count). The van der Waals surface area contributed by atoms with Crippen molar-refractivity contribution in [2.24, 2.45) is 0 Å². The minimum Gasteiger partial charge on any atom is -0.361 e. The van der Waals surface area contributed by atoms with Crippen LogP contribution in [0.25, 0.3) is 0 Å². The standard InChI is InChI=1S/C14H16BrNO/c15-12-6-4-7-13(9-12)16-10-11-5-2-1-3-8-14(11)17/h4,6-7,9-10,16H,1-3,5,8H2. The van der Waals surface area contributed by atoms with Crippen molar-refractivity contribution >= 4 is 27.4 Å². The van der Waals surface area contributed by atoms with Gasteiger partial charge in [-0.25, -0.2) is 0 Å². The van der Waals surface area contributed by atoms with E-state index in [-0.39, 0.29) is 0 Å². The molecular formula is C14H16BrNO. The number of rotatable bonds is 2. The van der Waals surface area contributed by atoms with Gasteiger partial charge in [-0.2, -0.15) is 0 Å². The summed E-state index contributed by atoms with van der Waals surface area (Å²) in [6.45, 7) is 0. The van der Waals surface area contributed by atoms with E-state index in [4.69, 9.17) is 0 Å². The molecule has 0 amide bonds. The summed E-state index contributed by atoms with van der Waals surface area (Å²) in [5, 5.41) is 3.20. The van der Waals surface area contributed by atoms with Crippen LogP contribution in [0.3, 0.4) is 0 Å². The first-order valence-electron chi connectivity index (χ1n) is 6.00. The van der Waals surface area contributed by atoms with Gasteiger partial charge in [0.05, 0.1) is 0 Å². The maximum Gasteiger partial charge on any atom is 0.160 e. The molecule has 90 valence electrons. The predicted octanol–water partition coefficient (Wildman–Crippen LogP) is 4.28. The van der Waals surface area contributed by atoms with Crippen LogP contribution in [0.1, 0.15) is 32.1 Å². The smallest absolute Gasteiger partial charge is 0.160 e. The number of Topliss-reactive ketones (excluding diaryl/α,β-unsaturated/α-hetero) is 1. The highest BCUT2D eigenvalue weighted by Crippen LogP contribution is 2.20. The van der Waals surface area contributed by atoms with Crippen LogP contribution in [0.5, 0.6) is 0 Å². The second-order valence-electron chi connectivity index (χ2n) is 4.31. The summed E-state index contributed by atoms with van der Waals surface area (Å²) in [5.74, 6) is 0.296. The van der Waals surface area contributed by atoms with Crippen molar-refractivity contribution < 1.29 is 4.79 Å². The average Bonchev–Trinajstić information content (AvgIpc) is 2.52. The molecule has 0 aromatic heterocycles. The number of benzene rings is 1. The van der Waals surface area contributed by atoms with Crippen LogP contribution in [-0.2, 0) is 4.79 Å². The molecule has 0 bridgehead atoms. The van der Waals surface area contributed by atoms with Crippen molar-refractivity contribution in [3.8, 4) is 0 Å². The molecule has 0 aliphatic heterocycles. The molecule has 1 N–H and O–H groups in total. The lowest BCUT2D eigenvalue weighted by atomic mass is 10.1. The van der Waals surface area contributed by atoms with Crippen molar-refractivity contribution in [2.45, 2.75) is 32.1 Å². The Balaban J connectivity index is 2.06. The highest BCUT2D eigenvalue weighted by molar-refractivity contribution is 9.10. The minimum absolute atomic E-state index is 0.296. The Morgan fingerprint density at radius 3 is 2.82 bits per heavy atom. The van der Waals surface area contributed by atoms with Crippen molar-refractivity contribution in [2.75, 3.05) is 5.32 Å². The zero-order valence-corrected chi connectivity index (χ0v) is 11.3. The van der Waals surface area contributed by atoms with E-state index in [1.54, 1.807) is 0 Å². The largest absolute Gasteiger partial charge is 0.361 e. The van der Waals surface area contributed by atoms with Gasteiger partial charge in [-0.15, -0.1) is 0 Å². The number of nitrogens with one attached hydrogen (secondary N) is 1. The number of ketones is 1. The van der Waals surface area contributed by atoms with Crippen LogP contribution >= 0.6 is 15.9 Å². The van der Waals surface area contributed by atoms with Crippen LogP contribution < -0.4 is 5.32 Å². The predicted molar refractivity (Wildman–Crippen MR) is 73.9 cm³/mol. The quantitative estimate of drug-likeness (QED) is 0.651. The first-order valence-corrected chi connectivity index (χ1v) is 6.79. The van der Waals surface area contributed by atoms with Crippen molar-refractivity contribution in [3.63, 3.8) is 0 Å². The molecule has 0 unspecified atom stereocenters. The molecular weight excluding hydrogens is 278 g/mol. The minimum atomic E-state index is 0.296. The van der Waals surface area contributed by atoms with Crippen molar-refractivity contribution in [3.05, 3.63) is 40.5 Å². The SMILES string of the molecule is O=C1CCCCCC1=CNc1cccc(Br)c1. The Morgan fingerprint density at radius 1 is 1.18 bits per heavy atom. The maximum absolute atomic E-state index is 11.8. The maximum atomic E-state index is 11.8. The highest BCUT2D eigenvalue weighted by Gasteiger charge is 2.12. The molecule has 1 aromatic rings. The van der Waals surface area contributed by atoms with E-state index in [0.717, 1.165) is 35.0 Å². The zero-order chi connectivity index (χ0) is 12.1. The molecule has 0 radical (unpaired) electrons. The number of carbonyl (C=O) groups excluding carboxylic acids is 1. The van der Waals surface area contributed by atoms with Crippen LogP contribution in [0, 0.1) is 0 Å². The molecule has 1 aliphatic carbocycles. The monoisotopic (exact) mass is 293 g/mol. The molecule has 0 saturated heterocycles. The third kappa shape index (κ3) is 3.70. The lowest BCUT2D eigenvalue weighted by Gasteiger charge is -2.05. The summed E-state index contributed by atoms with van der Waals surface area (Å²) in [5.41, 5.74) is 1.94. The summed E-state index contributed by atoms with van der Waals surface area (Å²) in [4.78, 5) is 11.8. The Hall–Kier alpha value is -1.09. The molecule has 2 nitrogen and oxygen atoms in total. The normalized spacial score (nSPS) is 19.1. The van der Waals surface area contributed by atoms with Gasteiger partial charge in [0.25, 0.3) is 0 Å². The van der Waals surface area contributed by atoms with Crippen LogP contribution in [0.15, 0.2) is 40.5 Å². The fourth-order valence-corrected chi connectivity index (χ4v) is 2.38. The molecule has 0 heterocycles. The van der Waals surface area contributed by atoms with Crippen molar-refractivity contribution in [1.82, 2.24) is 0 Å². The lowest BCUT2D eigenvalue weighted by molar-refractivity contribution is -0.115. The van der Waals surface area contributed by atoms with E-state index >= 15 is 0 Å². The summed E-state index contributed by atoms with van der Waals surface area (Å²) < 4.78 is 1.04. The Labute approximate surface area is 110 Å². The van der Waals surface area contributed by atoms with Crippen LogP contribution in [-0.4, -0.2) is 5.78 Å². The number of carbonyl (C=O) groups is 1. The van der Waals surface area contributed by atoms with E-state index < -0.39 is 0 Å².